The monoisotopic (exact) mass is 318 g/mol. The number of aliphatic hydroxyl groups excluding tert-OH is 2. The average molecular weight is 318 g/mol. The molecule has 0 aliphatic heterocycles. The summed E-state index contributed by atoms with van der Waals surface area (Å²) in [4.78, 5) is 11.9. The number of ketones is 1. The van der Waals surface area contributed by atoms with E-state index in [1.54, 1.807) is 0 Å². The highest BCUT2D eigenvalue weighted by Gasteiger charge is 2.59. The summed E-state index contributed by atoms with van der Waals surface area (Å²) in [6.45, 7) is 2.53. The van der Waals surface area contributed by atoms with Gasteiger partial charge in [-0.15, -0.1) is 0 Å². The van der Waals surface area contributed by atoms with E-state index >= 15 is 0 Å². The van der Waals surface area contributed by atoms with E-state index in [4.69, 9.17) is 0 Å². The van der Waals surface area contributed by atoms with Crippen LogP contribution in [0, 0.1) is 28.6 Å². The van der Waals surface area contributed by atoms with Crippen molar-refractivity contribution in [3.8, 4) is 0 Å². The van der Waals surface area contributed by atoms with Crippen molar-refractivity contribution in [3.63, 3.8) is 0 Å². The Morgan fingerprint density at radius 1 is 1.13 bits per heavy atom. The van der Waals surface area contributed by atoms with Gasteiger partial charge in [0.2, 0.25) is 0 Å². The van der Waals surface area contributed by atoms with E-state index in [0.29, 0.717) is 24.2 Å². The number of carbonyl (C=O) groups is 1. The van der Waals surface area contributed by atoms with E-state index in [1.807, 2.05) is 6.08 Å². The minimum absolute atomic E-state index is 0.0699. The highest BCUT2D eigenvalue weighted by molar-refractivity contribution is 5.91. The molecule has 0 radical (unpaired) electrons. The van der Waals surface area contributed by atoms with E-state index in [9.17, 15) is 15.0 Å². The fraction of sp³-hybridized carbons (Fsp3) is 0.850. The number of carbonyl (C=O) groups excluding carboxylic acids is 1. The lowest BCUT2D eigenvalue weighted by Gasteiger charge is -2.58. The van der Waals surface area contributed by atoms with E-state index in [1.165, 1.54) is 12.0 Å². The Bertz CT molecular complexity index is 539. The predicted octanol–water partition coefficient (Wildman–Crippen LogP) is 3.24. The van der Waals surface area contributed by atoms with Gasteiger partial charge in [-0.25, -0.2) is 0 Å². The summed E-state index contributed by atoms with van der Waals surface area (Å²) >= 11 is 0. The van der Waals surface area contributed by atoms with Crippen LogP contribution in [0.1, 0.15) is 64.7 Å². The first kappa shape index (κ1) is 15.8. The molecule has 3 fully saturated rings. The molecule has 2 N–H and O–H groups in total. The average Bonchev–Trinajstić information content (AvgIpc) is 2.84. The summed E-state index contributed by atoms with van der Waals surface area (Å²) in [7, 11) is 0. The summed E-state index contributed by atoms with van der Waals surface area (Å²) in [5, 5.41) is 20.2. The lowest BCUT2D eigenvalue weighted by atomic mass is 9.46. The van der Waals surface area contributed by atoms with Crippen LogP contribution in [0.25, 0.3) is 0 Å². The molecule has 4 aliphatic rings. The summed E-state index contributed by atoms with van der Waals surface area (Å²) in [5.41, 5.74) is 1.51. The van der Waals surface area contributed by atoms with Crippen LogP contribution in [0.15, 0.2) is 11.6 Å². The van der Waals surface area contributed by atoms with Crippen LogP contribution in [0.2, 0.25) is 0 Å². The van der Waals surface area contributed by atoms with Gasteiger partial charge in [0.15, 0.2) is 5.78 Å². The van der Waals surface area contributed by atoms with Crippen LogP contribution >= 0.6 is 0 Å². The van der Waals surface area contributed by atoms with E-state index in [0.717, 1.165) is 44.9 Å². The molecule has 3 heteroatoms. The summed E-state index contributed by atoms with van der Waals surface area (Å²) in [6, 6.07) is 0. The Morgan fingerprint density at radius 2 is 1.96 bits per heavy atom. The quantitative estimate of drug-likeness (QED) is 0.822. The van der Waals surface area contributed by atoms with Gasteiger partial charge in [-0.2, -0.15) is 0 Å². The molecule has 0 aromatic rings. The van der Waals surface area contributed by atoms with Crippen LogP contribution in [0.4, 0.5) is 0 Å². The predicted molar refractivity (Wildman–Crippen MR) is 88.7 cm³/mol. The molecule has 0 spiro atoms. The largest absolute Gasteiger partial charge is 0.396 e. The zero-order valence-corrected chi connectivity index (χ0v) is 14.3. The van der Waals surface area contributed by atoms with Crippen LogP contribution in [-0.4, -0.2) is 28.7 Å². The van der Waals surface area contributed by atoms with Gasteiger partial charge in [0.05, 0.1) is 6.10 Å². The van der Waals surface area contributed by atoms with Crippen molar-refractivity contribution in [3.05, 3.63) is 11.6 Å². The number of hydrogen-bond donors (Lipinski definition) is 2. The molecule has 4 rings (SSSR count). The minimum Gasteiger partial charge on any atom is -0.396 e. The van der Waals surface area contributed by atoms with E-state index in [-0.39, 0.29) is 29.3 Å². The van der Waals surface area contributed by atoms with Gasteiger partial charge in [-0.1, -0.05) is 12.5 Å². The minimum atomic E-state index is -0.132. The summed E-state index contributed by atoms with van der Waals surface area (Å²) in [6.07, 6.45) is 10.8. The molecule has 3 saturated carbocycles. The fourth-order valence-electron chi connectivity index (χ4n) is 7.00. The molecule has 3 nitrogen and oxygen atoms in total. The number of rotatable bonds is 2. The first-order chi connectivity index (χ1) is 11.0. The van der Waals surface area contributed by atoms with Crippen molar-refractivity contribution in [1.82, 2.24) is 0 Å². The topological polar surface area (TPSA) is 57.5 Å². The molecule has 0 bridgehead atoms. The van der Waals surface area contributed by atoms with Crippen molar-refractivity contribution >= 4 is 5.78 Å². The maximum atomic E-state index is 11.9. The second-order valence-electron chi connectivity index (χ2n) is 8.82. The third kappa shape index (κ3) is 2.12. The molecular weight excluding hydrogens is 288 g/mol. The molecule has 0 aromatic carbocycles. The van der Waals surface area contributed by atoms with Crippen molar-refractivity contribution in [2.45, 2.75) is 70.8 Å². The van der Waals surface area contributed by atoms with Crippen LogP contribution in [0.5, 0.6) is 0 Å². The van der Waals surface area contributed by atoms with Gasteiger partial charge in [0, 0.05) is 13.0 Å². The molecule has 0 unspecified atom stereocenters. The Labute approximate surface area is 139 Å². The van der Waals surface area contributed by atoms with Gasteiger partial charge in [0.1, 0.15) is 0 Å². The van der Waals surface area contributed by atoms with Crippen molar-refractivity contribution in [2.24, 2.45) is 28.6 Å². The molecule has 0 saturated heterocycles. The standard InChI is InChI=1S/C20H30O3/c1-19-8-7-17-15(16(19)4-5-18(19)23)3-2-13-12-14(22)6-9-20(13,17)10-11-21/h12,15-18,21,23H,2-11H2,1H3/t15-,16-,17-,18-,19-,20+/m0/s1. The zero-order valence-electron chi connectivity index (χ0n) is 14.3. The zero-order chi connectivity index (χ0) is 16.2. The van der Waals surface area contributed by atoms with Gasteiger partial charge in [0.25, 0.3) is 0 Å². The first-order valence-corrected chi connectivity index (χ1v) is 9.54. The van der Waals surface area contributed by atoms with Gasteiger partial charge >= 0.3 is 0 Å². The molecule has 0 heterocycles. The lowest BCUT2D eigenvalue weighted by molar-refractivity contribution is -0.119. The molecular formula is C20H30O3. The van der Waals surface area contributed by atoms with Gasteiger partial charge in [-0.3, -0.25) is 4.79 Å². The second kappa shape index (κ2) is 5.42. The third-order valence-electron chi connectivity index (χ3n) is 8.19. The van der Waals surface area contributed by atoms with Gasteiger partial charge < -0.3 is 10.2 Å². The highest BCUT2D eigenvalue weighted by atomic mass is 16.3. The smallest absolute Gasteiger partial charge is 0.155 e. The molecule has 0 amide bonds. The van der Waals surface area contributed by atoms with Crippen molar-refractivity contribution in [1.29, 1.82) is 0 Å². The van der Waals surface area contributed by atoms with Crippen LogP contribution < -0.4 is 0 Å². The Hall–Kier alpha value is -0.670. The SMILES string of the molecule is C[C@]12CC[C@H]3[C@@H](CCC4=CC(=O)CC[C@@]43CCO)[C@@H]1CC[C@@H]2O. The first-order valence-electron chi connectivity index (χ1n) is 9.54. The Morgan fingerprint density at radius 3 is 2.74 bits per heavy atom. The molecule has 0 aromatic heterocycles. The van der Waals surface area contributed by atoms with Crippen LogP contribution in [0.3, 0.4) is 0 Å². The highest BCUT2D eigenvalue weighted by Crippen LogP contribution is 2.66. The fourth-order valence-corrected chi connectivity index (χ4v) is 7.00. The summed E-state index contributed by atoms with van der Waals surface area (Å²) < 4.78 is 0. The van der Waals surface area contributed by atoms with Crippen molar-refractivity contribution in [2.75, 3.05) is 6.61 Å². The number of aliphatic hydroxyl groups is 2. The molecule has 128 valence electrons. The van der Waals surface area contributed by atoms with E-state index in [2.05, 4.69) is 6.92 Å². The summed E-state index contributed by atoms with van der Waals surface area (Å²) in [5.74, 6) is 2.18. The number of hydrogen-bond acceptors (Lipinski definition) is 3. The normalized spacial score (nSPS) is 49.2. The van der Waals surface area contributed by atoms with Crippen LogP contribution in [-0.2, 0) is 4.79 Å². The Balaban J connectivity index is 1.71. The van der Waals surface area contributed by atoms with Gasteiger partial charge in [-0.05, 0) is 86.0 Å². The Kier molecular flexibility index (Phi) is 3.73. The molecule has 23 heavy (non-hydrogen) atoms. The number of allylic oxidation sites excluding steroid dienone is 1. The lowest BCUT2D eigenvalue weighted by Crippen LogP contribution is -2.52. The van der Waals surface area contributed by atoms with E-state index < -0.39 is 0 Å². The molecule has 4 aliphatic carbocycles. The maximum Gasteiger partial charge on any atom is 0.155 e. The number of fused-ring (bicyclic) bond motifs is 5. The molecule has 6 atom stereocenters. The second-order valence-corrected chi connectivity index (χ2v) is 8.82. The maximum absolute atomic E-state index is 11.9. The van der Waals surface area contributed by atoms with Crippen molar-refractivity contribution < 1.29 is 15.0 Å². The third-order valence-corrected chi connectivity index (χ3v) is 8.19.